The van der Waals surface area contributed by atoms with E-state index in [1.54, 1.807) is 4.31 Å². The minimum absolute atomic E-state index is 0.0656. The number of anilines is 1. The Kier molecular flexibility index (Phi) is 7.59. The molecule has 0 spiro atoms. The Morgan fingerprint density at radius 2 is 1.78 bits per heavy atom. The van der Waals surface area contributed by atoms with Gasteiger partial charge in [0.15, 0.2) is 0 Å². The molecule has 0 radical (unpaired) electrons. The first-order valence-corrected chi connectivity index (χ1v) is 13.2. The summed E-state index contributed by atoms with van der Waals surface area (Å²) in [6.07, 6.45) is 6.76. The van der Waals surface area contributed by atoms with E-state index in [1.807, 2.05) is 42.6 Å². The van der Waals surface area contributed by atoms with E-state index in [4.69, 9.17) is 9.72 Å². The summed E-state index contributed by atoms with van der Waals surface area (Å²) in [6, 6.07) is 11.6. The van der Waals surface area contributed by atoms with Crippen molar-refractivity contribution in [3.8, 4) is 5.75 Å². The second kappa shape index (κ2) is 10.6. The van der Waals surface area contributed by atoms with E-state index in [1.165, 1.54) is 25.5 Å². The smallest absolute Gasteiger partial charge is 0.225 e. The summed E-state index contributed by atoms with van der Waals surface area (Å²) in [4.78, 5) is 13.8. The Balaban J connectivity index is 1.44. The molecule has 2 saturated heterocycles. The highest BCUT2D eigenvalue weighted by Crippen LogP contribution is 2.19. The third-order valence-electron chi connectivity index (χ3n) is 6.07. The SMILES string of the molecule is CS(=O)(=O)N1CCN(Cc2ccnc(N3CCCCC3)n2)C[C@H](COc2ccccc2)C1. The second-order valence-electron chi connectivity index (χ2n) is 8.74. The number of hydrogen-bond acceptors (Lipinski definition) is 7. The average Bonchev–Trinajstić information content (AvgIpc) is 3.01. The molecule has 8 nitrogen and oxygen atoms in total. The zero-order chi connectivity index (χ0) is 22.4. The van der Waals surface area contributed by atoms with Gasteiger partial charge in [0.1, 0.15) is 5.75 Å². The number of benzene rings is 1. The highest BCUT2D eigenvalue weighted by Gasteiger charge is 2.28. The predicted molar refractivity (Wildman–Crippen MR) is 125 cm³/mol. The van der Waals surface area contributed by atoms with Gasteiger partial charge in [0.05, 0.1) is 18.6 Å². The van der Waals surface area contributed by atoms with Crippen LogP contribution in [0.25, 0.3) is 0 Å². The molecule has 4 rings (SSSR count). The molecule has 2 fully saturated rings. The Hall–Kier alpha value is -2.23. The van der Waals surface area contributed by atoms with Crippen LogP contribution in [-0.4, -0.2) is 79.7 Å². The summed E-state index contributed by atoms with van der Waals surface area (Å²) in [7, 11) is -3.26. The number of piperidine rings is 1. The van der Waals surface area contributed by atoms with Gasteiger partial charge in [-0.2, -0.15) is 0 Å². The van der Waals surface area contributed by atoms with Crippen LogP contribution >= 0.6 is 0 Å². The van der Waals surface area contributed by atoms with Gasteiger partial charge in [-0.1, -0.05) is 18.2 Å². The third-order valence-corrected chi connectivity index (χ3v) is 7.34. The first-order valence-electron chi connectivity index (χ1n) is 11.4. The third kappa shape index (κ3) is 6.40. The van der Waals surface area contributed by atoms with Crippen LogP contribution in [0.1, 0.15) is 25.0 Å². The molecule has 0 bridgehead atoms. The molecule has 32 heavy (non-hydrogen) atoms. The molecular weight excluding hydrogens is 426 g/mol. The molecule has 2 aromatic rings. The molecule has 2 aliphatic heterocycles. The van der Waals surface area contributed by atoms with Crippen LogP contribution in [0, 0.1) is 5.92 Å². The number of rotatable bonds is 7. The predicted octanol–water partition coefficient (Wildman–Crippen LogP) is 2.24. The van der Waals surface area contributed by atoms with Crippen LogP contribution in [0.5, 0.6) is 5.75 Å². The van der Waals surface area contributed by atoms with Gasteiger partial charge in [-0.25, -0.2) is 22.7 Å². The molecule has 1 atom stereocenters. The maximum absolute atomic E-state index is 12.3. The molecule has 1 aromatic carbocycles. The topological polar surface area (TPSA) is 78.9 Å². The molecule has 174 valence electrons. The summed E-state index contributed by atoms with van der Waals surface area (Å²) in [5.74, 6) is 1.67. The molecule has 0 amide bonds. The molecule has 3 heterocycles. The first-order chi connectivity index (χ1) is 15.5. The van der Waals surface area contributed by atoms with Crippen LogP contribution in [0.4, 0.5) is 5.95 Å². The number of ether oxygens (including phenoxy) is 1. The van der Waals surface area contributed by atoms with Crippen molar-refractivity contribution >= 4 is 16.0 Å². The molecule has 0 saturated carbocycles. The largest absolute Gasteiger partial charge is 0.493 e. The van der Waals surface area contributed by atoms with Crippen molar-refractivity contribution in [2.75, 3.05) is 57.0 Å². The Bertz CT molecular complexity index is 967. The van der Waals surface area contributed by atoms with Crippen LogP contribution < -0.4 is 9.64 Å². The molecule has 2 aliphatic rings. The van der Waals surface area contributed by atoms with Gasteiger partial charge in [-0.15, -0.1) is 0 Å². The van der Waals surface area contributed by atoms with Gasteiger partial charge in [0.25, 0.3) is 0 Å². The Labute approximate surface area is 191 Å². The van der Waals surface area contributed by atoms with Crippen molar-refractivity contribution < 1.29 is 13.2 Å². The van der Waals surface area contributed by atoms with Crippen LogP contribution in [-0.2, 0) is 16.6 Å². The van der Waals surface area contributed by atoms with E-state index in [0.29, 0.717) is 32.8 Å². The monoisotopic (exact) mass is 459 g/mol. The second-order valence-corrected chi connectivity index (χ2v) is 10.7. The maximum atomic E-state index is 12.3. The molecular formula is C23H33N5O3S. The van der Waals surface area contributed by atoms with Crippen LogP contribution in [0.3, 0.4) is 0 Å². The number of nitrogens with zero attached hydrogens (tertiary/aromatic N) is 5. The fourth-order valence-corrected chi connectivity index (χ4v) is 5.27. The van der Waals surface area contributed by atoms with Crippen molar-refractivity contribution in [2.45, 2.75) is 25.8 Å². The van der Waals surface area contributed by atoms with Gasteiger partial charge in [0.2, 0.25) is 16.0 Å². The van der Waals surface area contributed by atoms with Gasteiger partial charge in [0, 0.05) is 57.9 Å². The molecule has 9 heteroatoms. The van der Waals surface area contributed by atoms with E-state index < -0.39 is 10.0 Å². The van der Waals surface area contributed by atoms with Gasteiger partial charge >= 0.3 is 0 Å². The standard InChI is InChI=1S/C23H33N5O3S/c1-32(29,30)28-15-14-26(16-20(17-28)19-31-22-8-4-2-5-9-22)18-21-10-11-24-23(25-21)27-12-6-3-7-13-27/h2,4-5,8-11,20H,3,6-7,12-19H2,1H3/t20-/m0/s1. The fraction of sp³-hybridized carbons (Fsp3) is 0.565. The zero-order valence-corrected chi connectivity index (χ0v) is 19.6. The van der Waals surface area contributed by atoms with Gasteiger partial charge in [-0.05, 0) is 37.5 Å². The quantitative estimate of drug-likeness (QED) is 0.628. The Morgan fingerprint density at radius 1 is 1.00 bits per heavy atom. The molecule has 1 aromatic heterocycles. The van der Waals surface area contributed by atoms with E-state index in [-0.39, 0.29) is 5.92 Å². The van der Waals surface area contributed by atoms with Gasteiger partial charge in [-0.3, -0.25) is 4.90 Å². The number of para-hydroxylation sites is 1. The molecule has 0 unspecified atom stereocenters. The summed E-state index contributed by atoms with van der Waals surface area (Å²) in [6.45, 7) is 5.51. The summed E-state index contributed by atoms with van der Waals surface area (Å²) < 4.78 is 32.1. The van der Waals surface area contributed by atoms with Crippen molar-refractivity contribution in [3.63, 3.8) is 0 Å². The maximum Gasteiger partial charge on any atom is 0.225 e. The lowest BCUT2D eigenvalue weighted by atomic mass is 10.1. The fourth-order valence-electron chi connectivity index (χ4n) is 4.38. The number of aromatic nitrogens is 2. The van der Waals surface area contributed by atoms with E-state index >= 15 is 0 Å². The zero-order valence-electron chi connectivity index (χ0n) is 18.8. The lowest BCUT2D eigenvalue weighted by molar-refractivity contribution is 0.186. The summed E-state index contributed by atoms with van der Waals surface area (Å²) >= 11 is 0. The van der Waals surface area contributed by atoms with E-state index in [9.17, 15) is 8.42 Å². The minimum Gasteiger partial charge on any atom is -0.493 e. The Morgan fingerprint density at radius 3 is 2.53 bits per heavy atom. The van der Waals surface area contributed by atoms with Gasteiger partial charge < -0.3 is 9.64 Å². The number of sulfonamides is 1. The summed E-state index contributed by atoms with van der Waals surface area (Å²) in [5, 5.41) is 0. The molecule has 0 aliphatic carbocycles. The van der Waals surface area contributed by atoms with Crippen molar-refractivity contribution in [2.24, 2.45) is 5.92 Å². The normalized spacial score (nSPS) is 21.3. The highest BCUT2D eigenvalue weighted by molar-refractivity contribution is 7.88. The highest BCUT2D eigenvalue weighted by atomic mass is 32.2. The lowest BCUT2D eigenvalue weighted by Crippen LogP contribution is -2.36. The van der Waals surface area contributed by atoms with E-state index in [0.717, 1.165) is 37.0 Å². The van der Waals surface area contributed by atoms with Crippen LogP contribution in [0.2, 0.25) is 0 Å². The average molecular weight is 460 g/mol. The molecule has 0 N–H and O–H groups in total. The van der Waals surface area contributed by atoms with Crippen molar-refractivity contribution in [3.05, 3.63) is 48.3 Å². The first kappa shape index (κ1) is 22.9. The van der Waals surface area contributed by atoms with Crippen molar-refractivity contribution in [1.29, 1.82) is 0 Å². The minimum atomic E-state index is -3.26. The van der Waals surface area contributed by atoms with Crippen LogP contribution in [0.15, 0.2) is 42.6 Å². The van der Waals surface area contributed by atoms with E-state index in [2.05, 4.69) is 14.8 Å². The number of hydrogen-bond donors (Lipinski definition) is 0. The lowest BCUT2D eigenvalue weighted by Gasteiger charge is -2.27. The van der Waals surface area contributed by atoms with Crippen molar-refractivity contribution in [1.82, 2.24) is 19.2 Å². The summed E-state index contributed by atoms with van der Waals surface area (Å²) in [5.41, 5.74) is 0.969.